The summed E-state index contributed by atoms with van der Waals surface area (Å²) in [5, 5.41) is 2.63. The van der Waals surface area contributed by atoms with E-state index in [1.807, 2.05) is 0 Å². The molecule has 1 rings (SSSR count). The molecule has 4 nitrogen and oxygen atoms in total. The van der Waals surface area contributed by atoms with E-state index >= 15 is 0 Å². The van der Waals surface area contributed by atoms with Crippen LogP contribution in [0.15, 0.2) is 12.3 Å². The van der Waals surface area contributed by atoms with E-state index in [9.17, 15) is 9.18 Å². The molecule has 0 bridgehead atoms. The smallest absolute Gasteiger partial charge is 0.252 e. The van der Waals surface area contributed by atoms with Crippen LogP contribution in [-0.2, 0) is 0 Å². The summed E-state index contributed by atoms with van der Waals surface area (Å²) in [6.45, 7) is 0. The summed E-state index contributed by atoms with van der Waals surface area (Å²) in [4.78, 5) is 14.3. The molecular formula is C7H8FN3O. The van der Waals surface area contributed by atoms with Crippen molar-refractivity contribution in [3.05, 3.63) is 23.6 Å². The molecule has 0 atom stereocenters. The van der Waals surface area contributed by atoms with Gasteiger partial charge in [0.2, 0.25) is 0 Å². The molecule has 1 aromatic rings. The first kappa shape index (κ1) is 8.45. The average molecular weight is 169 g/mol. The second kappa shape index (κ2) is 3.17. The van der Waals surface area contributed by atoms with Gasteiger partial charge in [0.1, 0.15) is 11.6 Å². The molecule has 0 saturated heterocycles. The summed E-state index contributed by atoms with van der Waals surface area (Å²) in [6.07, 6.45) is 1.01. The van der Waals surface area contributed by atoms with Crippen molar-refractivity contribution in [1.29, 1.82) is 0 Å². The molecular weight excluding hydrogens is 161 g/mol. The second-order valence-electron chi connectivity index (χ2n) is 2.16. The van der Waals surface area contributed by atoms with Gasteiger partial charge < -0.3 is 11.1 Å². The second-order valence-corrected chi connectivity index (χ2v) is 2.16. The number of hydrogen-bond donors (Lipinski definition) is 2. The topological polar surface area (TPSA) is 68.0 Å². The van der Waals surface area contributed by atoms with Gasteiger partial charge in [-0.3, -0.25) is 4.79 Å². The third-order valence-corrected chi connectivity index (χ3v) is 1.36. The van der Waals surface area contributed by atoms with Gasteiger partial charge in [-0.1, -0.05) is 0 Å². The SMILES string of the molecule is CNc1ncc(F)cc1C(N)=O. The van der Waals surface area contributed by atoms with E-state index in [-0.39, 0.29) is 11.4 Å². The van der Waals surface area contributed by atoms with Crippen LogP contribution < -0.4 is 11.1 Å². The van der Waals surface area contributed by atoms with Crippen LogP contribution in [0.4, 0.5) is 10.2 Å². The Morgan fingerprint density at radius 3 is 2.92 bits per heavy atom. The maximum Gasteiger partial charge on any atom is 0.252 e. The lowest BCUT2D eigenvalue weighted by Crippen LogP contribution is -2.14. The number of carbonyl (C=O) groups excluding carboxylic acids is 1. The summed E-state index contributed by atoms with van der Waals surface area (Å²) in [5.41, 5.74) is 5.03. The standard InChI is InChI=1S/C7H8FN3O/c1-10-7-5(6(9)12)2-4(8)3-11-7/h2-3H,1H3,(H2,9,12)(H,10,11). The zero-order valence-corrected chi connectivity index (χ0v) is 6.47. The average Bonchev–Trinajstić information content (AvgIpc) is 2.04. The fourth-order valence-corrected chi connectivity index (χ4v) is 0.826. The predicted molar refractivity (Wildman–Crippen MR) is 42.3 cm³/mol. The predicted octanol–water partition coefficient (Wildman–Crippen LogP) is 0.361. The van der Waals surface area contributed by atoms with Gasteiger partial charge >= 0.3 is 0 Å². The highest BCUT2D eigenvalue weighted by Gasteiger charge is 2.08. The van der Waals surface area contributed by atoms with Crippen molar-refractivity contribution in [2.45, 2.75) is 0 Å². The number of hydrogen-bond acceptors (Lipinski definition) is 3. The first-order valence-corrected chi connectivity index (χ1v) is 3.28. The van der Waals surface area contributed by atoms with Crippen LogP contribution in [-0.4, -0.2) is 17.9 Å². The molecule has 0 aliphatic carbocycles. The van der Waals surface area contributed by atoms with E-state index < -0.39 is 11.7 Å². The number of pyridine rings is 1. The number of nitrogens with two attached hydrogens (primary N) is 1. The number of primary amides is 1. The van der Waals surface area contributed by atoms with Crippen molar-refractivity contribution in [3.8, 4) is 0 Å². The minimum Gasteiger partial charge on any atom is -0.372 e. The minimum atomic E-state index is -0.702. The summed E-state index contributed by atoms with van der Waals surface area (Å²) < 4.78 is 12.5. The lowest BCUT2D eigenvalue weighted by molar-refractivity contribution is 0.100. The maximum absolute atomic E-state index is 12.5. The molecule has 1 amide bonds. The van der Waals surface area contributed by atoms with Crippen molar-refractivity contribution >= 4 is 11.7 Å². The van der Waals surface area contributed by atoms with Crippen LogP contribution in [0.5, 0.6) is 0 Å². The first-order valence-electron chi connectivity index (χ1n) is 3.28. The largest absolute Gasteiger partial charge is 0.372 e. The molecule has 0 radical (unpaired) electrons. The van der Waals surface area contributed by atoms with Crippen LogP contribution >= 0.6 is 0 Å². The van der Waals surface area contributed by atoms with E-state index in [4.69, 9.17) is 5.73 Å². The monoisotopic (exact) mass is 169 g/mol. The van der Waals surface area contributed by atoms with Crippen LogP contribution in [0.1, 0.15) is 10.4 Å². The Labute approximate surface area is 68.6 Å². The lowest BCUT2D eigenvalue weighted by Gasteiger charge is -2.03. The van der Waals surface area contributed by atoms with E-state index in [1.54, 1.807) is 7.05 Å². The fraction of sp³-hybridized carbons (Fsp3) is 0.143. The number of aromatic nitrogens is 1. The van der Waals surface area contributed by atoms with E-state index in [1.165, 1.54) is 0 Å². The summed E-state index contributed by atoms with van der Waals surface area (Å²) in [5.74, 6) is -1.00. The van der Waals surface area contributed by atoms with Crippen LogP contribution in [0.2, 0.25) is 0 Å². The highest BCUT2D eigenvalue weighted by Crippen LogP contribution is 2.11. The lowest BCUT2D eigenvalue weighted by atomic mass is 10.2. The maximum atomic E-state index is 12.5. The summed E-state index contributed by atoms with van der Waals surface area (Å²) in [6, 6.07) is 1.04. The molecule has 0 spiro atoms. The number of anilines is 1. The Balaban J connectivity index is 3.21. The number of amides is 1. The third kappa shape index (κ3) is 1.50. The van der Waals surface area contributed by atoms with Crippen molar-refractivity contribution in [2.24, 2.45) is 5.73 Å². The van der Waals surface area contributed by atoms with Crippen LogP contribution in [0.3, 0.4) is 0 Å². The molecule has 0 aliphatic rings. The normalized spacial score (nSPS) is 9.50. The summed E-state index contributed by atoms with van der Waals surface area (Å²) >= 11 is 0. The minimum absolute atomic E-state index is 0.0532. The Bertz CT molecular complexity index is 314. The van der Waals surface area contributed by atoms with Gasteiger partial charge in [-0.25, -0.2) is 9.37 Å². The van der Waals surface area contributed by atoms with Gasteiger partial charge in [0.15, 0.2) is 0 Å². The van der Waals surface area contributed by atoms with Crippen LogP contribution in [0.25, 0.3) is 0 Å². The molecule has 0 aromatic carbocycles. The highest BCUT2D eigenvalue weighted by molar-refractivity contribution is 5.97. The van der Waals surface area contributed by atoms with E-state index in [2.05, 4.69) is 10.3 Å². The van der Waals surface area contributed by atoms with Crippen molar-refractivity contribution in [3.63, 3.8) is 0 Å². The molecule has 0 unspecified atom stereocenters. The van der Waals surface area contributed by atoms with Crippen molar-refractivity contribution in [1.82, 2.24) is 4.98 Å². The number of halogens is 1. The molecule has 1 aromatic heterocycles. The zero-order valence-electron chi connectivity index (χ0n) is 6.47. The van der Waals surface area contributed by atoms with Gasteiger partial charge in [-0.15, -0.1) is 0 Å². The number of rotatable bonds is 2. The van der Waals surface area contributed by atoms with Crippen molar-refractivity contribution in [2.75, 3.05) is 12.4 Å². The molecule has 0 fully saturated rings. The van der Waals surface area contributed by atoms with Gasteiger partial charge in [0.05, 0.1) is 11.8 Å². The Kier molecular flexibility index (Phi) is 2.23. The van der Waals surface area contributed by atoms with Gasteiger partial charge in [-0.2, -0.15) is 0 Å². The van der Waals surface area contributed by atoms with Gasteiger partial charge in [-0.05, 0) is 6.07 Å². The Hall–Kier alpha value is -1.65. The zero-order chi connectivity index (χ0) is 9.14. The fourth-order valence-electron chi connectivity index (χ4n) is 0.826. The molecule has 5 heteroatoms. The molecule has 0 aliphatic heterocycles. The summed E-state index contributed by atoms with van der Waals surface area (Å²) in [7, 11) is 1.58. The molecule has 3 N–H and O–H groups in total. The van der Waals surface area contributed by atoms with Crippen molar-refractivity contribution < 1.29 is 9.18 Å². The first-order chi connectivity index (χ1) is 5.65. The number of nitrogens with one attached hydrogen (secondary N) is 1. The third-order valence-electron chi connectivity index (χ3n) is 1.36. The van der Waals surface area contributed by atoms with Gasteiger partial charge in [0, 0.05) is 7.05 Å². The quantitative estimate of drug-likeness (QED) is 0.671. The number of carbonyl (C=O) groups is 1. The number of nitrogens with zero attached hydrogens (tertiary/aromatic N) is 1. The van der Waals surface area contributed by atoms with E-state index in [0.29, 0.717) is 0 Å². The van der Waals surface area contributed by atoms with Gasteiger partial charge in [0.25, 0.3) is 5.91 Å². The van der Waals surface area contributed by atoms with Crippen LogP contribution in [0, 0.1) is 5.82 Å². The highest BCUT2D eigenvalue weighted by atomic mass is 19.1. The molecule has 0 saturated carbocycles. The van der Waals surface area contributed by atoms with E-state index in [0.717, 1.165) is 12.3 Å². The molecule has 12 heavy (non-hydrogen) atoms. The molecule has 64 valence electrons. The Morgan fingerprint density at radius 2 is 2.42 bits per heavy atom. The molecule has 1 heterocycles. The Morgan fingerprint density at radius 1 is 1.75 bits per heavy atom.